The molecule has 2 heterocycles. The largest absolute Gasteiger partial charge is 0.381 e. The lowest BCUT2D eigenvalue weighted by atomic mass is 10.00. The van der Waals surface area contributed by atoms with Crippen molar-refractivity contribution in [3.05, 3.63) is 29.6 Å². The molecule has 4 nitrogen and oxygen atoms in total. The van der Waals surface area contributed by atoms with Gasteiger partial charge in [-0.05, 0) is 37.9 Å². The van der Waals surface area contributed by atoms with E-state index in [2.05, 4.69) is 49.3 Å². The maximum absolute atomic E-state index is 5.42. The first-order valence-corrected chi connectivity index (χ1v) is 8.08. The molecule has 1 N–H and O–H groups in total. The van der Waals surface area contributed by atoms with Crippen molar-refractivity contribution in [2.45, 2.75) is 45.8 Å². The summed E-state index contributed by atoms with van der Waals surface area (Å²) >= 11 is 0. The monoisotopic (exact) mass is 291 g/mol. The Bertz CT molecular complexity index is 416. The van der Waals surface area contributed by atoms with Crippen LogP contribution in [-0.2, 0) is 17.8 Å². The second kappa shape index (κ2) is 8.47. The number of pyridine rings is 1. The molecule has 0 amide bonds. The molecule has 0 radical (unpaired) electrons. The molecule has 1 saturated heterocycles. The molecule has 1 aromatic heterocycles. The third-order valence-corrected chi connectivity index (χ3v) is 3.90. The number of ether oxygens (including phenoxy) is 1. The Morgan fingerprint density at radius 1 is 1.29 bits per heavy atom. The molecule has 1 aromatic rings. The molecule has 2 rings (SSSR count). The predicted octanol–water partition coefficient (Wildman–Crippen LogP) is 2.44. The maximum Gasteiger partial charge on any atom is 0.0547 e. The molecule has 0 spiro atoms. The first-order valence-electron chi connectivity index (χ1n) is 8.08. The molecule has 0 aliphatic carbocycles. The Kier molecular flexibility index (Phi) is 6.61. The van der Waals surface area contributed by atoms with Crippen LogP contribution in [0, 0.1) is 5.92 Å². The highest BCUT2D eigenvalue weighted by atomic mass is 16.5. The quantitative estimate of drug-likeness (QED) is 0.837. The number of aromatic nitrogens is 1. The van der Waals surface area contributed by atoms with Crippen molar-refractivity contribution in [1.82, 2.24) is 15.2 Å². The van der Waals surface area contributed by atoms with E-state index in [1.165, 1.54) is 12.8 Å². The molecule has 1 aliphatic rings. The summed E-state index contributed by atoms with van der Waals surface area (Å²) in [5, 5.41) is 3.42. The molecule has 0 saturated carbocycles. The average Bonchev–Trinajstić information content (AvgIpc) is 2.46. The SMILES string of the molecule is CC(C)NCc1cccc(CN(C)CC2CCOCC2)n1. The van der Waals surface area contributed by atoms with Gasteiger partial charge in [0.15, 0.2) is 0 Å². The van der Waals surface area contributed by atoms with Gasteiger partial charge in [0.1, 0.15) is 0 Å². The van der Waals surface area contributed by atoms with Crippen LogP contribution in [0.4, 0.5) is 0 Å². The maximum atomic E-state index is 5.42. The van der Waals surface area contributed by atoms with Gasteiger partial charge in [-0.3, -0.25) is 4.98 Å². The van der Waals surface area contributed by atoms with Gasteiger partial charge < -0.3 is 15.0 Å². The minimum Gasteiger partial charge on any atom is -0.381 e. The van der Waals surface area contributed by atoms with E-state index in [0.717, 1.165) is 50.2 Å². The summed E-state index contributed by atoms with van der Waals surface area (Å²) in [4.78, 5) is 7.14. The molecule has 1 aliphatic heterocycles. The minimum atomic E-state index is 0.492. The summed E-state index contributed by atoms with van der Waals surface area (Å²) in [5.74, 6) is 0.773. The van der Waals surface area contributed by atoms with E-state index in [0.29, 0.717) is 6.04 Å². The van der Waals surface area contributed by atoms with Crippen LogP contribution < -0.4 is 5.32 Å². The van der Waals surface area contributed by atoms with Gasteiger partial charge in [-0.25, -0.2) is 0 Å². The van der Waals surface area contributed by atoms with Crippen LogP contribution in [0.3, 0.4) is 0 Å². The summed E-state index contributed by atoms with van der Waals surface area (Å²) in [7, 11) is 2.19. The Labute approximate surface area is 128 Å². The van der Waals surface area contributed by atoms with E-state index in [9.17, 15) is 0 Å². The van der Waals surface area contributed by atoms with Crippen LogP contribution in [0.5, 0.6) is 0 Å². The van der Waals surface area contributed by atoms with Crippen molar-refractivity contribution in [3.8, 4) is 0 Å². The Morgan fingerprint density at radius 3 is 2.71 bits per heavy atom. The number of rotatable bonds is 7. The highest BCUT2D eigenvalue weighted by Gasteiger charge is 2.16. The first kappa shape index (κ1) is 16.4. The Balaban J connectivity index is 1.82. The van der Waals surface area contributed by atoms with Gasteiger partial charge in [0, 0.05) is 38.9 Å². The van der Waals surface area contributed by atoms with Gasteiger partial charge in [0.2, 0.25) is 0 Å². The highest BCUT2D eigenvalue weighted by Crippen LogP contribution is 2.16. The van der Waals surface area contributed by atoms with E-state index < -0.39 is 0 Å². The van der Waals surface area contributed by atoms with Gasteiger partial charge in [-0.2, -0.15) is 0 Å². The minimum absolute atomic E-state index is 0.492. The third kappa shape index (κ3) is 6.12. The van der Waals surface area contributed by atoms with Crippen LogP contribution in [0.2, 0.25) is 0 Å². The van der Waals surface area contributed by atoms with Crippen LogP contribution in [0.25, 0.3) is 0 Å². The van der Waals surface area contributed by atoms with Crippen molar-refractivity contribution < 1.29 is 4.74 Å². The van der Waals surface area contributed by atoms with Crippen molar-refractivity contribution in [1.29, 1.82) is 0 Å². The number of hydrogen-bond acceptors (Lipinski definition) is 4. The summed E-state index contributed by atoms with van der Waals surface area (Å²) in [5.41, 5.74) is 2.29. The lowest BCUT2D eigenvalue weighted by Crippen LogP contribution is -2.29. The lowest BCUT2D eigenvalue weighted by Gasteiger charge is -2.27. The zero-order valence-electron chi connectivity index (χ0n) is 13.6. The molecular formula is C17H29N3O. The lowest BCUT2D eigenvalue weighted by molar-refractivity contribution is 0.0548. The molecule has 4 heteroatoms. The van der Waals surface area contributed by atoms with Gasteiger partial charge >= 0.3 is 0 Å². The predicted molar refractivity (Wildman–Crippen MR) is 86.1 cm³/mol. The van der Waals surface area contributed by atoms with Crippen LogP contribution in [-0.4, -0.2) is 42.7 Å². The molecular weight excluding hydrogens is 262 g/mol. The van der Waals surface area contributed by atoms with E-state index >= 15 is 0 Å². The first-order chi connectivity index (χ1) is 10.1. The topological polar surface area (TPSA) is 37.4 Å². The van der Waals surface area contributed by atoms with Gasteiger partial charge in [-0.1, -0.05) is 19.9 Å². The fraction of sp³-hybridized carbons (Fsp3) is 0.706. The fourth-order valence-corrected chi connectivity index (χ4v) is 2.74. The summed E-state index contributed by atoms with van der Waals surface area (Å²) in [6, 6.07) is 6.82. The molecule has 0 unspecified atom stereocenters. The van der Waals surface area contributed by atoms with Crippen molar-refractivity contribution >= 4 is 0 Å². The van der Waals surface area contributed by atoms with Gasteiger partial charge in [0.05, 0.1) is 11.4 Å². The van der Waals surface area contributed by atoms with E-state index in [1.807, 2.05) is 0 Å². The second-order valence-electron chi connectivity index (χ2n) is 6.41. The summed E-state index contributed by atoms with van der Waals surface area (Å²) in [6.45, 7) is 9.07. The molecule has 0 bridgehead atoms. The molecule has 118 valence electrons. The summed E-state index contributed by atoms with van der Waals surface area (Å²) < 4.78 is 5.42. The van der Waals surface area contributed by atoms with Crippen molar-refractivity contribution in [2.24, 2.45) is 5.92 Å². The normalized spacial score (nSPS) is 16.8. The standard InChI is InChI=1S/C17H29N3O/c1-14(2)18-11-16-5-4-6-17(19-16)13-20(3)12-15-7-9-21-10-8-15/h4-6,14-15,18H,7-13H2,1-3H3. The van der Waals surface area contributed by atoms with Crippen LogP contribution >= 0.6 is 0 Å². The van der Waals surface area contributed by atoms with Crippen LogP contribution in [0.1, 0.15) is 38.1 Å². The zero-order valence-corrected chi connectivity index (χ0v) is 13.6. The van der Waals surface area contributed by atoms with Crippen LogP contribution in [0.15, 0.2) is 18.2 Å². The molecule has 1 fully saturated rings. The van der Waals surface area contributed by atoms with Crippen molar-refractivity contribution in [3.63, 3.8) is 0 Å². The third-order valence-electron chi connectivity index (χ3n) is 3.90. The highest BCUT2D eigenvalue weighted by molar-refractivity contribution is 5.11. The number of hydrogen-bond donors (Lipinski definition) is 1. The molecule has 0 atom stereocenters. The smallest absolute Gasteiger partial charge is 0.0547 e. The fourth-order valence-electron chi connectivity index (χ4n) is 2.74. The van der Waals surface area contributed by atoms with E-state index in [4.69, 9.17) is 9.72 Å². The van der Waals surface area contributed by atoms with Gasteiger partial charge in [-0.15, -0.1) is 0 Å². The van der Waals surface area contributed by atoms with Gasteiger partial charge in [0.25, 0.3) is 0 Å². The molecule has 21 heavy (non-hydrogen) atoms. The second-order valence-corrected chi connectivity index (χ2v) is 6.41. The van der Waals surface area contributed by atoms with E-state index in [1.54, 1.807) is 0 Å². The average molecular weight is 291 g/mol. The Morgan fingerprint density at radius 2 is 2.00 bits per heavy atom. The number of nitrogens with one attached hydrogen (secondary N) is 1. The van der Waals surface area contributed by atoms with E-state index in [-0.39, 0.29) is 0 Å². The Hall–Kier alpha value is -0.970. The number of nitrogens with zero attached hydrogens (tertiary/aromatic N) is 2. The summed E-state index contributed by atoms with van der Waals surface area (Å²) in [6.07, 6.45) is 2.38. The molecule has 0 aromatic carbocycles. The van der Waals surface area contributed by atoms with Crippen molar-refractivity contribution in [2.75, 3.05) is 26.8 Å². The zero-order chi connectivity index (χ0) is 15.1.